The van der Waals surface area contributed by atoms with Gasteiger partial charge >= 0.3 is 6.01 Å². The van der Waals surface area contributed by atoms with Gasteiger partial charge in [0.15, 0.2) is 19.9 Å². The average molecular weight is 364 g/mol. The molecule has 25 heavy (non-hydrogen) atoms. The summed E-state index contributed by atoms with van der Waals surface area (Å²) in [6.45, 7) is 6.72. The second-order valence-corrected chi connectivity index (χ2v) is 10.9. The monoisotopic (exact) mass is 363 g/mol. The molecule has 0 saturated heterocycles. The summed E-state index contributed by atoms with van der Waals surface area (Å²) in [6.07, 6.45) is 1.16. The Kier molecular flexibility index (Phi) is 6.75. The van der Waals surface area contributed by atoms with E-state index in [1.807, 2.05) is 24.3 Å². The summed E-state index contributed by atoms with van der Waals surface area (Å²) >= 11 is 0. The van der Waals surface area contributed by atoms with E-state index in [4.69, 9.17) is 9.47 Å². The lowest BCUT2D eigenvalue weighted by atomic mass is 10.2. The predicted molar refractivity (Wildman–Crippen MR) is 100 cm³/mol. The molecular formula is C18H26FN3O2Si. The fraction of sp³-hybridized carbons (Fsp3) is 0.444. The second kappa shape index (κ2) is 8.80. The van der Waals surface area contributed by atoms with Crippen LogP contribution in [0.2, 0.25) is 18.1 Å². The van der Waals surface area contributed by atoms with E-state index in [1.54, 1.807) is 7.11 Å². The Labute approximate surface area is 149 Å². The maximum absolute atomic E-state index is 14.1. The van der Waals surface area contributed by atoms with Crippen molar-refractivity contribution in [3.63, 3.8) is 0 Å². The number of benzene rings is 1. The zero-order valence-corrected chi connectivity index (χ0v) is 16.3. The molecule has 7 heteroatoms. The molecule has 1 heterocycles. The van der Waals surface area contributed by atoms with Gasteiger partial charge < -0.3 is 14.5 Å². The molecule has 0 radical (unpaired) electrons. The van der Waals surface area contributed by atoms with Crippen LogP contribution in [-0.2, 0) is 6.61 Å². The Morgan fingerprint density at radius 1 is 1.16 bits per heavy atom. The minimum absolute atomic E-state index is 0.165. The van der Waals surface area contributed by atoms with Crippen LogP contribution in [0.3, 0.4) is 0 Å². The number of hydrogen-bond acceptors (Lipinski definition) is 5. The maximum atomic E-state index is 14.1. The van der Waals surface area contributed by atoms with Crippen molar-refractivity contribution in [2.45, 2.75) is 45.5 Å². The van der Waals surface area contributed by atoms with Crippen LogP contribution in [0.15, 0.2) is 30.5 Å². The third-order valence-electron chi connectivity index (χ3n) is 4.64. The molecule has 1 N–H and O–H groups in total. The number of methoxy groups -OCH3 is 1. The van der Waals surface area contributed by atoms with E-state index in [0.717, 1.165) is 35.6 Å². The predicted octanol–water partition coefficient (Wildman–Crippen LogP) is 4.62. The molecule has 1 aromatic carbocycles. The minimum atomic E-state index is -1.76. The van der Waals surface area contributed by atoms with Gasteiger partial charge in [-0.05, 0) is 35.8 Å². The van der Waals surface area contributed by atoms with Gasteiger partial charge in [0.2, 0.25) is 0 Å². The van der Waals surface area contributed by atoms with E-state index in [9.17, 15) is 4.39 Å². The van der Waals surface area contributed by atoms with E-state index < -0.39 is 14.1 Å². The third kappa shape index (κ3) is 4.91. The zero-order chi connectivity index (χ0) is 18.3. The lowest BCUT2D eigenvalue weighted by Crippen LogP contribution is -2.42. The van der Waals surface area contributed by atoms with E-state index in [2.05, 4.69) is 35.7 Å². The van der Waals surface area contributed by atoms with Gasteiger partial charge in [0.1, 0.15) is 12.4 Å². The number of nitrogens with zero attached hydrogens (tertiary/aromatic N) is 2. The van der Waals surface area contributed by atoms with E-state index in [-0.39, 0.29) is 11.8 Å². The first-order valence-corrected chi connectivity index (χ1v) is 11.2. The summed E-state index contributed by atoms with van der Waals surface area (Å²) in [5, 5.41) is 0. The van der Waals surface area contributed by atoms with Gasteiger partial charge in [0.05, 0.1) is 13.3 Å². The fourth-order valence-electron chi connectivity index (χ4n) is 2.68. The minimum Gasteiger partial charge on any atom is -0.497 e. The van der Waals surface area contributed by atoms with Crippen molar-refractivity contribution in [1.29, 1.82) is 0 Å². The molecule has 1 aromatic heterocycles. The first kappa shape index (κ1) is 19.2. The highest BCUT2D eigenvalue weighted by atomic mass is 28.3. The van der Waals surface area contributed by atoms with Crippen LogP contribution in [0.5, 0.6) is 11.8 Å². The van der Waals surface area contributed by atoms with Gasteiger partial charge in [-0.15, -0.1) is 0 Å². The van der Waals surface area contributed by atoms with Crippen LogP contribution in [0, 0.1) is 5.82 Å². The molecule has 5 nitrogen and oxygen atoms in total. The Bertz CT molecular complexity index is 688. The summed E-state index contributed by atoms with van der Waals surface area (Å²) in [7, 11) is -0.147. The highest BCUT2D eigenvalue weighted by molar-refractivity contribution is 6.82. The van der Waals surface area contributed by atoms with Crippen molar-refractivity contribution < 1.29 is 13.9 Å². The first-order valence-electron chi connectivity index (χ1n) is 8.62. The lowest BCUT2D eigenvalue weighted by molar-refractivity contribution is 0.279. The first-order chi connectivity index (χ1) is 12.1. The van der Waals surface area contributed by atoms with Crippen LogP contribution < -0.4 is 14.5 Å². The van der Waals surface area contributed by atoms with E-state index >= 15 is 0 Å². The maximum Gasteiger partial charge on any atom is 0.318 e. The van der Waals surface area contributed by atoms with Crippen LogP contribution in [0.4, 0.5) is 10.2 Å². The molecule has 0 spiro atoms. The van der Waals surface area contributed by atoms with Crippen molar-refractivity contribution in [2.24, 2.45) is 0 Å². The number of halogens is 1. The largest absolute Gasteiger partial charge is 0.497 e. The highest BCUT2D eigenvalue weighted by Crippen LogP contribution is 2.24. The summed E-state index contributed by atoms with van der Waals surface area (Å²) in [6, 6.07) is 10.8. The Morgan fingerprint density at radius 2 is 1.88 bits per heavy atom. The quantitative estimate of drug-likeness (QED) is 0.659. The van der Waals surface area contributed by atoms with Crippen molar-refractivity contribution in [2.75, 3.05) is 12.1 Å². The number of aromatic nitrogens is 2. The molecule has 136 valence electrons. The molecule has 0 atom stereocenters. The SMILES string of the molecule is CC[Si](CC)(CC)Nc1nc(OCc2cccc(OC)c2)ncc1F. The van der Waals surface area contributed by atoms with Crippen molar-refractivity contribution in [1.82, 2.24) is 9.97 Å². The Hall–Kier alpha value is -2.15. The third-order valence-corrected chi connectivity index (χ3v) is 9.47. The molecule has 0 unspecified atom stereocenters. The average Bonchev–Trinajstić information content (AvgIpc) is 2.66. The molecule has 2 aromatic rings. The number of anilines is 1. The fourth-order valence-corrected chi connectivity index (χ4v) is 5.39. The van der Waals surface area contributed by atoms with Gasteiger partial charge in [-0.2, -0.15) is 4.98 Å². The van der Waals surface area contributed by atoms with Crippen molar-refractivity contribution in [3.05, 3.63) is 41.8 Å². The van der Waals surface area contributed by atoms with Crippen LogP contribution in [0.25, 0.3) is 0 Å². The summed E-state index contributed by atoms with van der Waals surface area (Å²) in [5.74, 6) is 0.557. The van der Waals surface area contributed by atoms with E-state index in [0.29, 0.717) is 6.61 Å². The summed E-state index contributed by atoms with van der Waals surface area (Å²) in [4.78, 5) is 11.6. The Balaban J connectivity index is 2.12. The topological polar surface area (TPSA) is 56.3 Å². The summed E-state index contributed by atoms with van der Waals surface area (Å²) in [5.41, 5.74) is 0.932. The van der Waals surface area contributed by atoms with Gasteiger partial charge in [-0.1, -0.05) is 32.9 Å². The second-order valence-electron chi connectivity index (χ2n) is 5.96. The van der Waals surface area contributed by atoms with Crippen LogP contribution in [-0.4, -0.2) is 25.3 Å². The number of ether oxygens (including phenoxy) is 2. The number of hydrogen-bond donors (Lipinski definition) is 1. The van der Waals surface area contributed by atoms with E-state index in [1.165, 1.54) is 0 Å². The molecule has 0 amide bonds. The van der Waals surface area contributed by atoms with Gasteiger partial charge in [-0.25, -0.2) is 9.37 Å². The molecule has 0 fully saturated rings. The molecule has 0 saturated carbocycles. The van der Waals surface area contributed by atoms with Gasteiger partial charge in [0.25, 0.3) is 0 Å². The molecule has 0 aliphatic heterocycles. The Morgan fingerprint density at radius 3 is 2.52 bits per heavy atom. The molecule has 0 aliphatic rings. The van der Waals surface area contributed by atoms with Gasteiger partial charge in [0, 0.05) is 0 Å². The van der Waals surface area contributed by atoms with Gasteiger partial charge in [-0.3, -0.25) is 0 Å². The molecule has 2 rings (SSSR count). The number of rotatable bonds is 9. The summed E-state index contributed by atoms with van der Waals surface area (Å²) < 4.78 is 25.0. The smallest absolute Gasteiger partial charge is 0.318 e. The standard InChI is InChI=1S/C18H26FN3O2Si/c1-5-25(6-2,7-3)22-17-16(19)12-20-18(21-17)24-13-14-9-8-10-15(11-14)23-4/h8-12H,5-7,13H2,1-4H3,(H,20,21,22). The van der Waals surface area contributed by atoms with Crippen LogP contribution >= 0.6 is 0 Å². The van der Waals surface area contributed by atoms with Crippen molar-refractivity contribution in [3.8, 4) is 11.8 Å². The zero-order valence-electron chi connectivity index (χ0n) is 15.3. The highest BCUT2D eigenvalue weighted by Gasteiger charge is 2.29. The van der Waals surface area contributed by atoms with Crippen LogP contribution in [0.1, 0.15) is 26.3 Å². The number of nitrogens with one attached hydrogen (secondary N) is 1. The molecule has 0 bridgehead atoms. The molecule has 0 aliphatic carbocycles. The molecular weight excluding hydrogens is 337 g/mol. The lowest BCUT2D eigenvalue weighted by Gasteiger charge is -2.29. The van der Waals surface area contributed by atoms with Crippen molar-refractivity contribution >= 4 is 14.1 Å². The normalized spacial score (nSPS) is 11.2.